The highest BCUT2D eigenvalue weighted by molar-refractivity contribution is 7.93. The Hall–Kier alpha value is -2.26. The molecule has 6 nitrogen and oxygen atoms in total. The summed E-state index contributed by atoms with van der Waals surface area (Å²) in [5, 5.41) is 0.521. The Morgan fingerprint density at radius 2 is 1.07 bits per heavy atom. The van der Waals surface area contributed by atoms with Gasteiger partial charge in [-0.25, -0.2) is 16.8 Å². The van der Waals surface area contributed by atoms with Gasteiger partial charge in [0.15, 0.2) is 0 Å². The topological polar surface area (TPSA) is 92.3 Å². The van der Waals surface area contributed by atoms with Gasteiger partial charge in [0.05, 0.1) is 25.5 Å². The third-order valence-electron chi connectivity index (χ3n) is 3.64. The molecule has 3 aromatic carbocycles. The van der Waals surface area contributed by atoms with Gasteiger partial charge in [-0.15, -0.1) is 0 Å². The molecular formula is C18H14Cl2N2O4S2. The lowest BCUT2D eigenvalue weighted by Gasteiger charge is -2.11. The Balaban J connectivity index is 1.79. The maximum Gasteiger partial charge on any atom is 0.261 e. The fourth-order valence-corrected chi connectivity index (χ4v) is 4.72. The van der Waals surface area contributed by atoms with E-state index < -0.39 is 20.0 Å². The van der Waals surface area contributed by atoms with Crippen LogP contribution in [0.25, 0.3) is 0 Å². The number of halogens is 2. The van der Waals surface area contributed by atoms with Crippen molar-refractivity contribution in [1.82, 2.24) is 0 Å². The maximum atomic E-state index is 12.5. The molecule has 10 heteroatoms. The molecule has 0 aromatic heterocycles. The van der Waals surface area contributed by atoms with Gasteiger partial charge in [-0.05, 0) is 54.6 Å². The lowest BCUT2D eigenvalue weighted by molar-refractivity contribution is 0.600. The monoisotopic (exact) mass is 456 g/mol. The number of rotatable bonds is 6. The molecule has 3 aromatic rings. The average molecular weight is 457 g/mol. The Labute approximate surface area is 173 Å². The van der Waals surface area contributed by atoms with Crippen molar-refractivity contribution in [3.63, 3.8) is 0 Å². The third kappa shape index (κ3) is 4.77. The fraction of sp³-hybridized carbons (Fsp3) is 0. The summed E-state index contributed by atoms with van der Waals surface area (Å²) in [6.07, 6.45) is 0. The zero-order chi connectivity index (χ0) is 20.4. The summed E-state index contributed by atoms with van der Waals surface area (Å²) in [5.41, 5.74) is 0.487. The van der Waals surface area contributed by atoms with E-state index in [1.165, 1.54) is 54.6 Å². The summed E-state index contributed by atoms with van der Waals surface area (Å²) in [5.74, 6) is 0. The van der Waals surface area contributed by atoms with E-state index in [1.807, 2.05) is 0 Å². The molecule has 0 spiro atoms. The summed E-state index contributed by atoms with van der Waals surface area (Å²) >= 11 is 11.7. The van der Waals surface area contributed by atoms with Crippen molar-refractivity contribution in [3.05, 3.63) is 82.8 Å². The molecule has 0 saturated carbocycles. The Morgan fingerprint density at radius 1 is 0.571 bits per heavy atom. The predicted octanol–water partition coefficient (Wildman–Crippen LogP) is 4.60. The molecule has 28 heavy (non-hydrogen) atoms. The van der Waals surface area contributed by atoms with Gasteiger partial charge < -0.3 is 0 Å². The van der Waals surface area contributed by atoms with Crippen LogP contribution in [0.3, 0.4) is 0 Å². The minimum Gasteiger partial charge on any atom is -0.280 e. The van der Waals surface area contributed by atoms with Crippen LogP contribution in [0.2, 0.25) is 10.0 Å². The van der Waals surface area contributed by atoms with Gasteiger partial charge in [-0.1, -0.05) is 41.4 Å². The van der Waals surface area contributed by atoms with Gasteiger partial charge in [-0.2, -0.15) is 0 Å². The molecule has 2 N–H and O–H groups in total. The van der Waals surface area contributed by atoms with Crippen molar-refractivity contribution >= 4 is 54.6 Å². The van der Waals surface area contributed by atoms with E-state index in [9.17, 15) is 16.8 Å². The van der Waals surface area contributed by atoms with Crippen LogP contribution in [-0.4, -0.2) is 16.8 Å². The molecule has 3 rings (SSSR count). The second-order valence-corrected chi connectivity index (χ2v) is 9.86. The quantitative estimate of drug-likeness (QED) is 0.566. The van der Waals surface area contributed by atoms with Crippen LogP contribution in [0.5, 0.6) is 0 Å². The highest BCUT2D eigenvalue weighted by Crippen LogP contribution is 2.27. The van der Waals surface area contributed by atoms with E-state index in [1.54, 1.807) is 18.2 Å². The second-order valence-electron chi connectivity index (χ2n) is 5.68. The van der Waals surface area contributed by atoms with Crippen molar-refractivity contribution in [3.8, 4) is 0 Å². The number of hydrogen-bond acceptors (Lipinski definition) is 4. The molecule has 0 heterocycles. The van der Waals surface area contributed by atoms with Crippen molar-refractivity contribution in [2.24, 2.45) is 0 Å². The van der Waals surface area contributed by atoms with Crippen LogP contribution in [0.15, 0.2) is 82.6 Å². The van der Waals surface area contributed by atoms with Gasteiger partial charge in [0.25, 0.3) is 20.0 Å². The first-order valence-electron chi connectivity index (χ1n) is 7.83. The normalized spacial score (nSPS) is 11.8. The molecule has 0 unspecified atom stereocenters. The number of nitrogens with one attached hydrogen (secondary N) is 2. The van der Waals surface area contributed by atoms with Crippen LogP contribution in [0.1, 0.15) is 0 Å². The first kappa shape index (κ1) is 20.5. The highest BCUT2D eigenvalue weighted by atomic mass is 35.5. The summed E-state index contributed by atoms with van der Waals surface area (Å²) < 4.78 is 54.4. The SMILES string of the molecule is O=S(=O)(Nc1ccc(S(=O)(=O)Nc2ccc(Cl)c(Cl)c2)cc1)c1ccccc1. The number of sulfonamides is 2. The summed E-state index contributed by atoms with van der Waals surface area (Å²) in [6, 6.07) is 17.5. The number of benzene rings is 3. The van der Waals surface area contributed by atoms with Gasteiger partial charge >= 0.3 is 0 Å². The summed E-state index contributed by atoms with van der Waals surface area (Å²) in [7, 11) is -7.65. The van der Waals surface area contributed by atoms with E-state index in [4.69, 9.17) is 23.2 Å². The molecule has 0 aliphatic carbocycles. The molecule has 146 valence electrons. The van der Waals surface area contributed by atoms with E-state index in [-0.39, 0.29) is 26.2 Å². The van der Waals surface area contributed by atoms with Crippen molar-refractivity contribution < 1.29 is 16.8 Å². The van der Waals surface area contributed by atoms with E-state index in [0.717, 1.165) is 0 Å². The minimum atomic E-state index is -3.88. The predicted molar refractivity (Wildman–Crippen MR) is 111 cm³/mol. The molecule has 0 radical (unpaired) electrons. The molecular weight excluding hydrogens is 443 g/mol. The van der Waals surface area contributed by atoms with Crippen molar-refractivity contribution in [2.75, 3.05) is 9.44 Å². The maximum absolute atomic E-state index is 12.5. The molecule has 0 bridgehead atoms. The Morgan fingerprint density at radius 3 is 1.64 bits per heavy atom. The molecule has 0 aliphatic rings. The van der Waals surface area contributed by atoms with Gasteiger partial charge in [0.2, 0.25) is 0 Å². The highest BCUT2D eigenvalue weighted by Gasteiger charge is 2.17. The van der Waals surface area contributed by atoms with Gasteiger partial charge in [0.1, 0.15) is 0 Å². The third-order valence-corrected chi connectivity index (χ3v) is 7.18. The van der Waals surface area contributed by atoms with Crippen LogP contribution in [0, 0.1) is 0 Å². The number of hydrogen-bond donors (Lipinski definition) is 2. The van der Waals surface area contributed by atoms with Crippen LogP contribution in [-0.2, 0) is 20.0 Å². The molecule has 0 fully saturated rings. The van der Waals surface area contributed by atoms with Gasteiger partial charge in [-0.3, -0.25) is 9.44 Å². The van der Waals surface area contributed by atoms with E-state index >= 15 is 0 Å². The van der Waals surface area contributed by atoms with E-state index in [2.05, 4.69) is 9.44 Å². The molecule has 0 saturated heterocycles. The lowest BCUT2D eigenvalue weighted by Crippen LogP contribution is -2.14. The lowest BCUT2D eigenvalue weighted by atomic mass is 10.3. The largest absolute Gasteiger partial charge is 0.280 e. The Bertz CT molecular complexity index is 1200. The van der Waals surface area contributed by atoms with Crippen LogP contribution >= 0.6 is 23.2 Å². The standard InChI is InChI=1S/C18H14Cl2N2O4S2/c19-17-11-8-14(12-18(17)20)22-28(25,26)16-9-6-13(7-10-16)21-27(23,24)15-4-2-1-3-5-15/h1-12,21-22H. The van der Waals surface area contributed by atoms with Crippen molar-refractivity contribution in [2.45, 2.75) is 9.79 Å². The minimum absolute atomic E-state index is 0.0405. The zero-order valence-corrected chi connectivity index (χ0v) is 17.3. The first-order valence-corrected chi connectivity index (χ1v) is 11.6. The molecule has 0 amide bonds. The van der Waals surface area contributed by atoms with Crippen LogP contribution in [0.4, 0.5) is 11.4 Å². The smallest absolute Gasteiger partial charge is 0.261 e. The average Bonchev–Trinajstić information content (AvgIpc) is 2.65. The zero-order valence-electron chi connectivity index (χ0n) is 14.1. The van der Waals surface area contributed by atoms with Crippen molar-refractivity contribution in [1.29, 1.82) is 0 Å². The fourth-order valence-electron chi connectivity index (χ4n) is 2.29. The first-order chi connectivity index (χ1) is 13.2. The molecule has 0 atom stereocenters. The number of anilines is 2. The Kier molecular flexibility index (Phi) is 5.85. The molecule has 0 aliphatic heterocycles. The summed E-state index contributed by atoms with van der Waals surface area (Å²) in [4.78, 5) is 0.0641. The van der Waals surface area contributed by atoms with E-state index in [0.29, 0.717) is 5.02 Å². The summed E-state index contributed by atoms with van der Waals surface area (Å²) in [6.45, 7) is 0. The second kappa shape index (κ2) is 8.00. The van der Waals surface area contributed by atoms with Crippen LogP contribution < -0.4 is 9.44 Å². The van der Waals surface area contributed by atoms with Gasteiger partial charge in [0, 0.05) is 5.69 Å².